The molecule has 3 rings (SSSR count). The van der Waals surface area contributed by atoms with Crippen LogP contribution >= 0.6 is 11.6 Å². The lowest BCUT2D eigenvalue weighted by Gasteiger charge is -2.27. The molecular formula is C28H34ClN7O2. The zero-order valence-corrected chi connectivity index (χ0v) is 23.3. The second kappa shape index (κ2) is 12.9. The van der Waals surface area contributed by atoms with Crippen molar-refractivity contribution in [1.82, 2.24) is 15.6 Å². The zero-order chi connectivity index (χ0) is 27.8. The van der Waals surface area contributed by atoms with E-state index in [-0.39, 0.29) is 18.5 Å². The normalized spacial score (nSPS) is 16.0. The van der Waals surface area contributed by atoms with Crippen LogP contribution in [-0.2, 0) is 4.79 Å². The van der Waals surface area contributed by atoms with Crippen LogP contribution in [0.4, 0.5) is 6.01 Å². The summed E-state index contributed by atoms with van der Waals surface area (Å²) in [5.74, 6) is 0.733. The van der Waals surface area contributed by atoms with Crippen molar-refractivity contribution in [3.05, 3.63) is 86.6 Å². The van der Waals surface area contributed by atoms with Crippen LogP contribution < -0.4 is 21.7 Å². The number of amides is 1. The Balaban J connectivity index is 1.93. The smallest absolute Gasteiger partial charge is 0.302 e. The van der Waals surface area contributed by atoms with Gasteiger partial charge in [0.1, 0.15) is 17.5 Å². The first-order valence-electron chi connectivity index (χ1n) is 12.1. The molecule has 200 valence electrons. The summed E-state index contributed by atoms with van der Waals surface area (Å²) in [6.07, 6.45) is 8.79. The van der Waals surface area contributed by atoms with E-state index in [2.05, 4.69) is 25.9 Å². The van der Waals surface area contributed by atoms with Crippen LogP contribution in [0.1, 0.15) is 49.4 Å². The molecule has 1 atom stereocenters. The van der Waals surface area contributed by atoms with Gasteiger partial charge in [0.05, 0.1) is 5.57 Å². The monoisotopic (exact) mass is 535 g/mol. The van der Waals surface area contributed by atoms with Crippen LogP contribution in [-0.4, -0.2) is 36.7 Å². The number of carbonyl (C=O) groups is 1. The van der Waals surface area contributed by atoms with E-state index in [1.54, 1.807) is 13.3 Å². The molecule has 0 radical (unpaired) electrons. The summed E-state index contributed by atoms with van der Waals surface area (Å²) < 4.78 is 5.80. The minimum Gasteiger partial charge on any atom is -0.428 e. The predicted octanol–water partition coefficient (Wildman–Crippen LogP) is 4.97. The summed E-state index contributed by atoms with van der Waals surface area (Å²) in [6.45, 7) is 9.86. The topological polar surface area (TPSA) is 130 Å². The molecule has 2 heterocycles. The standard InChI is InChI=1S/C28H34ClN7O2/c1-16(2)8-7-9-23-19(5)38-28(34-23)36-27-33-18(4)24(26(37)32-15-20(13-30)14-31-6)25(35-27)21-11-10-17(3)12-22(21)29/h7-14,25H,15,30H2,1-6H3,(H,32,37)(H2,33,34,35,36)/b9-7-,20-13?,31-14?. The van der Waals surface area contributed by atoms with Gasteiger partial charge in [0, 0.05) is 47.9 Å². The van der Waals surface area contributed by atoms with E-state index in [1.807, 2.05) is 71.0 Å². The molecule has 0 aliphatic carbocycles. The van der Waals surface area contributed by atoms with Gasteiger partial charge in [0.2, 0.25) is 5.96 Å². The van der Waals surface area contributed by atoms with E-state index in [0.717, 1.165) is 5.56 Å². The molecule has 38 heavy (non-hydrogen) atoms. The van der Waals surface area contributed by atoms with Crippen LogP contribution in [0.25, 0.3) is 6.08 Å². The largest absolute Gasteiger partial charge is 0.428 e. The molecule has 1 aromatic carbocycles. The van der Waals surface area contributed by atoms with Crippen molar-refractivity contribution in [3.8, 4) is 0 Å². The lowest BCUT2D eigenvalue weighted by atomic mass is 9.95. The molecule has 0 saturated heterocycles. The van der Waals surface area contributed by atoms with Gasteiger partial charge in [-0.25, -0.2) is 4.99 Å². The van der Waals surface area contributed by atoms with Crippen molar-refractivity contribution in [2.45, 2.75) is 40.7 Å². The third kappa shape index (κ3) is 7.23. The zero-order valence-electron chi connectivity index (χ0n) is 22.5. The number of allylic oxidation sites excluding steroid dienone is 4. The first-order valence-corrected chi connectivity index (χ1v) is 12.5. The highest BCUT2D eigenvalue weighted by Gasteiger charge is 2.31. The molecule has 10 heteroatoms. The molecule has 2 aromatic rings. The maximum atomic E-state index is 13.4. The Hall–Kier alpha value is -4.11. The molecule has 1 aliphatic heterocycles. The molecule has 0 bridgehead atoms. The van der Waals surface area contributed by atoms with E-state index < -0.39 is 6.04 Å². The second-order valence-corrected chi connectivity index (χ2v) is 9.48. The molecule has 9 nitrogen and oxygen atoms in total. The number of rotatable bonds is 8. The molecule has 1 amide bonds. The number of nitrogens with two attached hydrogens (primary N) is 1. The summed E-state index contributed by atoms with van der Waals surface area (Å²) in [5.41, 5.74) is 10.9. The summed E-state index contributed by atoms with van der Waals surface area (Å²) in [5, 5.41) is 9.67. The maximum absolute atomic E-state index is 13.4. The molecule has 0 spiro atoms. The van der Waals surface area contributed by atoms with Gasteiger partial charge < -0.3 is 20.8 Å². The lowest BCUT2D eigenvalue weighted by molar-refractivity contribution is -0.117. The fourth-order valence-corrected chi connectivity index (χ4v) is 4.09. The highest BCUT2D eigenvalue weighted by atomic mass is 35.5. The van der Waals surface area contributed by atoms with Gasteiger partial charge in [-0.05, 0) is 52.3 Å². The van der Waals surface area contributed by atoms with Gasteiger partial charge >= 0.3 is 6.01 Å². The maximum Gasteiger partial charge on any atom is 0.302 e. The molecule has 0 fully saturated rings. The van der Waals surface area contributed by atoms with E-state index in [9.17, 15) is 4.79 Å². The second-order valence-electron chi connectivity index (χ2n) is 9.07. The average Bonchev–Trinajstić information content (AvgIpc) is 3.19. The number of nitrogens with one attached hydrogen (secondary N) is 3. The minimum absolute atomic E-state index is 0.214. The number of aliphatic imine (C=N–C) groups is 2. The summed E-state index contributed by atoms with van der Waals surface area (Å²) in [6, 6.07) is 5.27. The van der Waals surface area contributed by atoms with Gasteiger partial charge in [0.25, 0.3) is 5.91 Å². The van der Waals surface area contributed by atoms with Gasteiger partial charge in [-0.1, -0.05) is 41.5 Å². The van der Waals surface area contributed by atoms with E-state index >= 15 is 0 Å². The third-order valence-corrected chi connectivity index (χ3v) is 5.97. The summed E-state index contributed by atoms with van der Waals surface area (Å²) in [4.78, 5) is 26.6. The highest BCUT2D eigenvalue weighted by molar-refractivity contribution is 6.31. The van der Waals surface area contributed by atoms with E-state index in [1.165, 1.54) is 11.8 Å². The summed E-state index contributed by atoms with van der Waals surface area (Å²) in [7, 11) is 1.64. The Morgan fingerprint density at radius 3 is 2.71 bits per heavy atom. The van der Waals surface area contributed by atoms with Crippen LogP contribution in [0.3, 0.4) is 0 Å². The Labute approximate surface area is 228 Å². The fraction of sp³-hybridized carbons (Fsp3) is 0.286. The van der Waals surface area contributed by atoms with Crippen LogP contribution in [0, 0.1) is 13.8 Å². The Morgan fingerprint density at radius 2 is 2.05 bits per heavy atom. The van der Waals surface area contributed by atoms with Crippen LogP contribution in [0.5, 0.6) is 0 Å². The predicted molar refractivity (Wildman–Crippen MR) is 155 cm³/mol. The summed E-state index contributed by atoms with van der Waals surface area (Å²) >= 11 is 6.62. The van der Waals surface area contributed by atoms with Crippen LogP contribution in [0.15, 0.2) is 73.4 Å². The van der Waals surface area contributed by atoms with Gasteiger partial charge in [0.15, 0.2) is 0 Å². The van der Waals surface area contributed by atoms with Crippen molar-refractivity contribution < 1.29 is 9.21 Å². The molecule has 1 unspecified atom stereocenters. The van der Waals surface area contributed by atoms with Crippen molar-refractivity contribution >= 4 is 41.8 Å². The first kappa shape index (κ1) is 28.5. The average molecular weight is 536 g/mol. The number of benzene rings is 1. The minimum atomic E-state index is -0.676. The number of carbonyl (C=O) groups excluding carboxylic acids is 1. The Kier molecular flexibility index (Phi) is 9.67. The first-order chi connectivity index (χ1) is 18.1. The van der Waals surface area contributed by atoms with Crippen molar-refractivity contribution in [1.29, 1.82) is 0 Å². The number of hydrogen-bond donors (Lipinski definition) is 4. The number of oxazole rings is 1. The lowest BCUT2D eigenvalue weighted by Crippen LogP contribution is -2.39. The molecule has 1 aromatic heterocycles. The van der Waals surface area contributed by atoms with Crippen molar-refractivity contribution in [2.75, 3.05) is 18.9 Å². The SMILES string of the molecule is CN=CC(=CN)CNC(=O)C1=C(C)NC(Nc2nc(/C=C\C=C(C)C)c(C)o2)=NC1c1ccc(C)cc1Cl. The highest BCUT2D eigenvalue weighted by Crippen LogP contribution is 2.35. The fourth-order valence-electron chi connectivity index (χ4n) is 3.75. The molecular weight excluding hydrogens is 502 g/mol. The Morgan fingerprint density at radius 1 is 1.29 bits per heavy atom. The molecule has 5 N–H and O–H groups in total. The quantitative estimate of drug-likeness (QED) is 0.279. The van der Waals surface area contributed by atoms with Gasteiger partial charge in [-0.15, -0.1) is 0 Å². The number of hydrogen-bond acceptors (Lipinski definition) is 8. The van der Waals surface area contributed by atoms with Crippen LogP contribution in [0.2, 0.25) is 5.02 Å². The van der Waals surface area contributed by atoms with E-state index in [0.29, 0.717) is 44.8 Å². The number of anilines is 1. The third-order valence-electron chi connectivity index (χ3n) is 5.64. The Bertz CT molecular complexity index is 1380. The number of halogens is 1. The molecule has 0 saturated carbocycles. The van der Waals surface area contributed by atoms with Crippen molar-refractivity contribution in [2.24, 2.45) is 15.7 Å². The van der Waals surface area contributed by atoms with Crippen molar-refractivity contribution in [3.63, 3.8) is 0 Å². The number of nitrogens with zero attached hydrogens (tertiary/aromatic N) is 3. The van der Waals surface area contributed by atoms with Gasteiger partial charge in [-0.3, -0.25) is 15.1 Å². The number of aryl methyl sites for hydroxylation is 2. The number of aromatic nitrogens is 1. The number of guanidine groups is 1. The van der Waals surface area contributed by atoms with E-state index in [4.69, 9.17) is 26.7 Å². The van der Waals surface area contributed by atoms with Gasteiger partial charge in [-0.2, -0.15) is 4.98 Å². The molecule has 1 aliphatic rings.